The number of methoxy groups -OCH3 is 1. The molecule has 0 bridgehead atoms. The Morgan fingerprint density at radius 3 is 2.50 bits per heavy atom. The number of rotatable bonds is 6. The van der Waals surface area contributed by atoms with Crippen molar-refractivity contribution in [1.82, 2.24) is 0 Å². The third kappa shape index (κ3) is 3.71. The van der Waals surface area contributed by atoms with Crippen LogP contribution in [0.4, 0.5) is 11.4 Å². The van der Waals surface area contributed by atoms with Gasteiger partial charge in [-0.2, -0.15) is 0 Å². The fraction of sp³-hybridized carbons (Fsp3) is 0.308. The van der Waals surface area contributed by atoms with Gasteiger partial charge in [0.2, 0.25) is 12.3 Å². The molecule has 1 aromatic rings. The largest absolute Gasteiger partial charge is 0.492 e. The monoisotopic (exact) mass is 280 g/mol. The van der Waals surface area contributed by atoms with Crippen LogP contribution < -0.4 is 15.4 Å². The van der Waals surface area contributed by atoms with Crippen molar-refractivity contribution < 1.29 is 23.9 Å². The Balaban J connectivity index is 3.37. The lowest BCUT2D eigenvalue weighted by atomic mass is 10.1. The molecule has 2 N–H and O–H groups in total. The minimum Gasteiger partial charge on any atom is -0.492 e. The number of ether oxygens (including phenoxy) is 2. The highest BCUT2D eigenvalue weighted by Crippen LogP contribution is 2.32. The molecule has 0 spiro atoms. The molecule has 0 unspecified atom stereocenters. The van der Waals surface area contributed by atoms with E-state index in [0.717, 1.165) is 0 Å². The summed E-state index contributed by atoms with van der Waals surface area (Å²) < 4.78 is 10.0. The number of esters is 1. The predicted molar refractivity (Wildman–Crippen MR) is 72.9 cm³/mol. The Bertz CT molecular complexity index is 528. The summed E-state index contributed by atoms with van der Waals surface area (Å²) >= 11 is 0. The zero-order chi connectivity index (χ0) is 15.1. The molecular formula is C13H16N2O5. The van der Waals surface area contributed by atoms with Crippen LogP contribution in [0, 0.1) is 0 Å². The SMILES string of the molecule is CCOc1cc(NC=O)c(C(=O)OC)cc1NC(C)=O. The predicted octanol–water partition coefficient (Wildman–Crippen LogP) is 1.40. The van der Waals surface area contributed by atoms with Gasteiger partial charge in [-0.05, 0) is 13.0 Å². The van der Waals surface area contributed by atoms with Crippen LogP contribution in [-0.4, -0.2) is 32.0 Å². The normalized spacial score (nSPS) is 9.55. The van der Waals surface area contributed by atoms with Crippen LogP contribution in [-0.2, 0) is 14.3 Å². The second kappa shape index (κ2) is 7.13. The van der Waals surface area contributed by atoms with Crippen molar-refractivity contribution in [2.24, 2.45) is 0 Å². The van der Waals surface area contributed by atoms with Crippen molar-refractivity contribution in [2.45, 2.75) is 13.8 Å². The Morgan fingerprint density at radius 1 is 1.30 bits per heavy atom. The maximum Gasteiger partial charge on any atom is 0.340 e. The van der Waals surface area contributed by atoms with Crippen LogP contribution in [0.25, 0.3) is 0 Å². The molecule has 0 aliphatic carbocycles. The Labute approximate surface area is 116 Å². The molecule has 0 radical (unpaired) electrons. The highest BCUT2D eigenvalue weighted by atomic mass is 16.5. The Morgan fingerprint density at radius 2 is 2.00 bits per heavy atom. The minimum atomic E-state index is -0.635. The number of hydrogen-bond acceptors (Lipinski definition) is 5. The topological polar surface area (TPSA) is 93.7 Å². The molecule has 108 valence electrons. The van der Waals surface area contributed by atoms with Crippen LogP contribution in [0.15, 0.2) is 12.1 Å². The second-order valence-electron chi connectivity index (χ2n) is 3.76. The number of carbonyl (C=O) groups excluding carboxylic acids is 3. The van der Waals surface area contributed by atoms with E-state index >= 15 is 0 Å². The van der Waals surface area contributed by atoms with E-state index in [1.807, 2.05) is 0 Å². The zero-order valence-electron chi connectivity index (χ0n) is 11.5. The highest BCUT2D eigenvalue weighted by molar-refractivity contribution is 6.01. The molecule has 2 amide bonds. The van der Waals surface area contributed by atoms with Gasteiger partial charge in [0.1, 0.15) is 5.75 Å². The van der Waals surface area contributed by atoms with E-state index in [1.54, 1.807) is 6.92 Å². The van der Waals surface area contributed by atoms with E-state index in [-0.39, 0.29) is 17.2 Å². The lowest BCUT2D eigenvalue weighted by molar-refractivity contribution is -0.114. The van der Waals surface area contributed by atoms with Crippen molar-refractivity contribution in [3.8, 4) is 5.75 Å². The standard InChI is InChI=1S/C13H16N2O5/c1-4-20-12-6-10(14-7-16)9(13(18)19-3)5-11(12)15-8(2)17/h5-7H,4H2,1-3H3,(H,14,16)(H,15,17). The molecule has 0 atom stereocenters. The second-order valence-corrected chi connectivity index (χ2v) is 3.76. The van der Waals surface area contributed by atoms with Crippen molar-refractivity contribution in [2.75, 3.05) is 24.4 Å². The molecule has 0 heterocycles. The number of amides is 2. The summed E-state index contributed by atoms with van der Waals surface area (Å²) in [4.78, 5) is 33.5. The molecule has 7 heteroatoms. The van der Waals surface area contributed by atoms with Crippen LogP contribution in [0.3, 0.4) is 0 Å². The maximum atomic E-state index is 11.7. The summed E-state index contributed by atoms with van der Waals surface area (Å²) in [6.45, 7) is 3.48. The van der Waals surface area contributed by atoms with E-state index in [1.165, 1.54) is 26.2 Å². The lowest BCUT2D eigenvalue weighted by Crippen LogP contribution is -2.12. The highest BCUT2D eigenvalue weighted by Gasteiger charge is 2.17. The van der Waals surface area contributed by atoms with Crippen molar-refractivity contribution >= 4 is 29.7 Å². The molecule has 1 aromatic carbocycles. The molecule has 0 aliphatic heterocycles. The van der Waals surface area contributed by atoms with Crippen LogP contribution >= 0.6 is 0 Å². The van der Waals surface area contributed by atoms with Gasteiger partial charge < -0.3 is 20.1 Å². The maximum absolute atomic E-state index is 11.7. The van der Waals surface area contributed by atoms with Gasteiger partial charge in [0.15, 0.2) is 0 Å². The van der Waals surface area contributed by atoms with Gasteiger partial charge in [-0.3, -0.25) is 9.59 Å². The molecule has 0 aromatic heterocycles. The molecule has 0 saturated carbocycles. The molecular weight excluding hydrogens is 264 g/mol. The summed E-state index contributed by atoms with van der Waals surface area (Å²) in [5, 5.41) is 4.96. The summed E-state index contributed by atoms with van der Waals surface area (Å²) in [7, 11) is 1.22. The first-order chi connectivity index (χ1) is 9.53. The van der Waals surface area contributed by atoms with Crippen molar-refractivity contribution in [3.05, 3.63) is 17.7 Å². The molecule has 0 aliphatic rings. The smallest absolute Gasteiger partial charge is 0.340 e. The molecule has 20 heavy (non-hydrogen) atoms. The van der Waals surface area contributed by atoms with E-state index < -0.39 is 5.97 Å². The van der Waals surface area contributed by atoms with Gasteiger partial charge in [0, 0.05) is 13.0 Å². The first-order valence-corrected chi connectivity index (χ1v) is 5.90. The average molecular weight is 280 g/mol. The summed E-state index contributed by atoms with van der Waals surface area (Å²) in [6.07, 6.45) is 0.440. The van der Waals surface area contributed by atoms with Crippen LogP contribution in [0.1, 0.15) is 24.2 Å². The zero-order valence-corrected chi connectivity index (χ0v) is 11.5. The van der Waals surface area contributed by atoms with Gasteiger partial charge in [0.25, 0.3) is 0 Å². The summed E-state index contributed by atoms with van der Waals surface area (Å²) in [5.74, 6) is -0.596. The van der Waals surface area contributed by atoms with E-state index in [9.17, 15) is 14.4 Å². The molecule has 1 rings (SSSR count). The van der Waals surface area contributed by atoms with E-state index in [4.69, 9.17) is 4.74 Å². The number of hydrogen-bond donors (Lipinski definition) is 2. The number of anilines is 2. The van der Waals surface area contributed by atoms with E-state index in [0.29, 0.717) is 24.5 Å². The number of carbonyl (C=O) groups is 3. The van der Waals surface area contributed by atoms with Gasteiger partial charge >= 0.3 is 5.97 Å². The number of nitrogens with one attached hydrogen (secondary N) is 2. The fourth-order valence-electron chi connectivity index (χ4n) is 1.60. The lowest BCUT2D eigenvalue weighted by Gasteiger charge is -2.15. The third-order valence-electron chi connectivity index (χ3n) is 2.35. The van der Waals surface area contributed by atoms with Gasteiger partial charge in [0.05, 0.1) is 30.7 Å². The number of benzene rings is 1. The first-order valence-electron chi connectivity index (χ1n) is 5.90. The Hall–Kier alpha value is -2.57. The van der Waals surface area contributed by atoms with E-state index in [2.05, 4.69) is 15.4 Å². The third-order valence-corrected chi connectivity index (χ3v) is 2.35. The molecule has 0 saturated heterocycles. The molecule has 0 fully saturated rings. The Kier molecular flexibility index (Phi) is 5.52. The summed E-state index contributed by atoms with van der Waals surface area (Å²) in [5.41, 5.74) is 0.687. The van der Waals surface area contributed by atoms with Gasteiger partial charge in [-0.15, -0.1) is 0 Å². The van der Waals surface area contributed by atoms with Crippen LogP contribution in [0.5, 0.6) is 5.75 Å². The van der Waals surface area contributed by atoms with Gasteiger partial charge in [-0.1, -0.05) is 0 Å². The van der Waals surface area contributed by atoms with Crippen molar-refractivity contribution in [3.63, 3.8) is 0 Å². The summed E-state index contributed by atoms with van der Waals surface area (Å²) in [6, 6.07) is 2.85. The fourth-order valence-corrected chi connectivity index (χ4v) is 1.60. The van der Waals surface area contributed by atoms with Crippen LogP contribution in [0.2, 0.25) is 0 Å². The quantitative estimate of drug-likeness (QED) is 0.606. The first kappa shape index (κ1) is 15.5. The average Bonchev–Trinajstić information content (AvgIpc) is 2.40. The minimum absolute atomic E-state index is 0.117. The molecule has 7 nitrogen and oxygen atoms in total. The van der Waals surface area contributed by atoms with Gasteiger partial charge in [-0.25, -0.2) is 4.79 Å². The van der Waals surface area contributed by atoms with Crippen molar-refractivity contribution in [1.29, 1.82) is 0 Å².